The van der Waals surface area contributed by atoms with Crippen molar-refractivity contribution in [3.8, 4) is 0 Å². The van der Waals surface area contributed by atoms with Gasteiger partial charge in [0, 0.05) is 5.56 Å². The summed E-state index contributed by atoms with van der Waals surface area (Å²) in [4.78, 5) is 16.2. The Labute approximate surface area is 192 Å². The number of rotatable bonds is 4. The lowest BCUT2D eigenvalue weighted by atomic mass is 9.86. The zero-order chi connectivity index (χ0) is 22.3. The van der Waals surface area contributed by atoms with Crippen LogP contribution in [0.15, 0.2) is 52.9 Å². The maximum atomic E-state index is 14.2. The van der Waals surface area contributed by atoms with Crippen molar-refractivity contribution in [3.05, 3.63) is 75.8 Å². The van der Waals surface area contributed by atoms with Gasteiger partial charge in [0.15, 0.2) is 4.34 Å². The average Bonchev–Trinajstić information content (AvgIpc) is 3.12. The first kappa shape index (κ1) is 21.8. The molecule has 0 aliphatic carbocycles. The molecule has 0 fully saturated rings. The number of fused-ring (bicyclic) bond motifs is 1. The maximum Gasteiger partial charge on any atom is 0.245 e. The standard InChI is InChI=1S/C25H27N3OS2/c1-15-12-20-17(3)14-25(5,6)28(21(20)13-16(15)2)23(29)22(19-10-8-7-9-11-19)31-24-27-26-18(4)30-24/h7-14,22H,1-6H3/t22-/m0/s1. The number of carbonyl (C=O) groups excluding carboxylic acids is 1. The molecule has 0 radical (unpaired) electrons. The minimum absolute atomic E-state index is 0.0577. The first-order valence-corrected chi connectivity index (χ1v) is 12.0. The predicted octanol–water partition coefficient (Wildman–Crippen LogP) is 6.53. The van der Waals surface area contributed by atoms with Crippen molar-refractivity contribution in [3.63, 3.8) is 0 Å². The van der Waals surface area contributed by atoms with Crippen LogP contribution in [0.1, 0.15) is 53.3 Å². The molecule has 3 aromatic rings. The van der Waals surface area contributed by atoms with Crippen LogP contribution in [-0.2, 0) is 4.79 Å². The van der Waals surface area contributed by atoms with E-state index in [-0.39, 0.29) is 5.91 Å². The SMILES string of the molecule is CC1=CC(C)(C)N(C(=O)[C@@H](Sc2nnc(C)s2)c2ccccc2)c2cc(C)c(C)cc21. The lowest BCUT2D eigenvalue weighted by Crippen LogP contribution is -2.50. The number of aromatic nitrogens is 2. The summed E-state index contributed by atoms with van der Waals surface area (Å²) in [6, 6.07) is 14.3. The van der Waals surface area contributed by atoms with Gasteiger partial charge in [0.25, 0.3) is 0 Å². The Morgan fingerprint density at radius 2 is 1.71 bits per heavy atom. The normalized spacial score (nSPS) is 15.9. The summed E-state index contributed by atoms with van der Waals surface area (Å²) in [6.45, 7) is 12.5. The van der Waals surface area contributed by atoms with Gasteiger partial charge < -0.3 is 4.90 Å². The van der Waals surface area contributed by atoms with Crippen LogP contribution >= 0.6 is 23.1 Å². The zero-order valence-electron chi connectivity index (χ0n) is 18.8. The molecule has 0 saturated heterocycles. The largest absolute Gasteiger partial charge is 0.301 e. The molecule has 4 rings (SSSR count). The molecule has 1 amide bonds. The highest BCUT2D eigenvalue weighted by Crippen LogP contribution is 2.45. The number of carbonyl (C=O) groups is 1. The third kappa shape index (κ3) is 4.19. The second kappa shape index (κ2) is 8.24. The number of amides is 1. The van der Waals surface area contributed by atoms with Crippen molar-refractivity contribution in [1.29, 1.82) is 0 Å². The molecule has 0 saturated carbocycles. The quantitative estimate of drug-likeness (QED) is 0.425. The highest BCUT2D eigenvalue weighted by Gasteiger charge is 2.40. The monoisotopic (exact) mass is 449 g/mol. The maximum absolute atomic E-state index is 14.2. The van der Waals surface area contributed by atoms with E-state index in [1.165, 1.54) is 39.8 Å². The number of thioether (sulfide) groups is 1. The van der Waals surface area contributed by atoms with Gasteiger partial charge in [-0.15, -0.1) is 10.2 Å². The number of aryl methyl sites for hydroxylation is 3. The topological polar surface area (TPSA) is 46.1 Å². The molecule has 1 aliphatic heterocycles. The van der Waals surface area contributed by atoms with Crippen LogP contribution in [0.5, 0.6) is 0 Å². The van der Waals surface area contributed by atoms with Crippen LogP contribution in [0.2, 0.25) is 0 Å². The van der Waals surface area contributed by atoms with Gasteiger partial charge in [0.05, 0.1) is 11.2 Å². The molecule has 4 nitrogen and oxygen atoms in total. The third-order valence-electron chi connectivity index (χ3n) is 5.70. The summed E-state index contributed by atoms with van der Waals surface area (Å²) in [5, 5.41) is 8.91. The highest BCUT2D eigenvalue weighted by atomic mass is 32.2. The Hall–Kier alpha value is -2.44. The predicted molar refractivity (Wildman–Crippen MR) is 131 cm³/mol. The zero-order valence-corrected chi connectivity index (χ0v) is 20.4. The number of hydrogen-bond acceptors (Lipinski definition) is 5. The summed E-state index contributed by atoms with van der Waals surface area (Å²) >= 11 is 3.00. The van der Waals surface area contributed by atoms with E-state index >= 15 is 0 Å². The number of benzene rings is 2. The molecular formula is C25H27N3OS2. The van der Waals surface area contributed by atoms with Crippen molar-refractivity contribution in [2.45, 2.75) is 56.7 Å². The fraction of sp³-hybridized carbons (Fsp3) is 0.320. The van der Waals surface area contributed by atoms with Crippen molar-refractivity contribution in [2.24, 2.45) is 0 Å². The molecule has 0 spiro atoms. The van der Waals surface area contributed by atoms with Gasteiger partial charge in [-0.2, -0.15) is 0 Å². The van der Waals surface area contributed by atoms with Gasteiger partial charge in [-0.05, 0) is 75.9 Å². The van der Waals surface area contributed by atoms with Gasteiger partial charge in [-0.3, -0.25) is 4.79 Å². The third-order valence-corrected chi connectivity index (χ3v) is 7.86. The van der Waals surface area contributed by atoms with E-state index in [1.807, 2.05) is 42.2 Å². The van der Waals surface area contributed by atoms with Crippen LogP contribution < -0.4 is 4.90 Å². The molecule has 0 N–H and O–H groups in total. The van der Waals surface area contributed by atoms with E-state index in [4.69, 9.17) is 0 Å². The lowest BCUT2D eigenvalue weighted by molar-refractivity contribution is -0.119. The second-order valence-corrected chi connectivity index (χ2v) is 11.1. The minimum atomic E-state index is -0.444. The van der Waals surface area contributed by atoms with Crippen LogP contribution in [-0.4, -0.2) is 21.6 Å². The van der Waals surface area contributed by atoms with Gasteiger partial charge in [-0.1, -0.05) is 59.5 Å². The Kier molecular flexibility index (Phi) is 5.79. The summed E-state index contributed by atoms with van der Waals surface area (Å²) in [5.74, 6) is 0.0577. The number of hydrogen-bond donors (Lipinski definition) is 0. The van der Waals surface area contributed by atoms with E-state index in [9.17, 15) is 4.79 Å². The van der Waals surface area contributed by atoms with Crippen molar-refractivity contribution < 1.29 is 4.79 Å². The molecule has 2 aromatic carbocycles. The lowest BCUT2D eigenvalue weighted by Gasteiger charge is -2.43. The Morgan fingerprint density at radius 3 is 2.35 bits per heavy atom. The van der Waals surface area contributed by atoms with E-state index < -0.39 is 10.8 Å². The van der Waals surface area contributed by atoms with Gasteiger partial charge in [0.2, 0.25) is 5.91 Å². The summed E-state index contributed by atoms with van der Waals surface area (Å²) in [7, 11) is 0. The summed E-state index contributed by atoms with van der Waals surface area (Å²) in [5.41, 5.74) is 6.25. The smallest absolute Gasteiger partial charge is 0.245 e. The number of anilines is 1. The molecule has 31 heavy (non-hydrogen) atoms. The van der Waals surface area contributed by atoms with Gasteiger partial charge in [-0.25, -0.2) is 0 Å². The van der Waals surface area contributed by atoms with Crippen molar-refractivity contribution >= 4 is 40.3 Å². The first-order valence-electron chi connectivity index (χ1n) is 10.3. The number of nitrogens with zero attached hydrogens (tertiary/aromatic N) is 3. The summed E-state index contributed by atoms with van der Waals surface area (Å²) in [6.07, 6.45) is 2.20. The Bertz CT molecular complexity index is 1160. The Morgan fingerprint density at radius 1 is 1.03 bits per heavy atom. The highest BCUT2D eigenvalue weighted by molar-refractivity contribution is 8.01. The molecule has 1 aromatic heterocycles. The molecule has 6 heteroatoms. The molecular weight excluding hydrogens is 422 g/mol. The van der Waals surface area contributed by atoms with E-state index in [0.717, 1.165) is 26.2 Å². The van der Waals surface area contributed by atoms with E-state index in [2.05, 4.69) is 63.0 Å². The average molecular weight is 450 g/mol. The second-order valence-electron chi connectivity index (χ2n) is 8.60. The van der Waals surface area contributed by atoms with Crippen molar-refractivity contribution in [1.82, 2.24) is 10.2 Å². The van der Waals surface area contributed by atoms with Gasteiger partial charge >= 0.3 is 0 Å². The fourth-order valence-corrected chi connectivity index (χ4v) is 6.17. The summed E-state index contributed by atoms with van der Waals surface area (Å²) < 4.78 is 0.807. The van der Waals surface area contributed by atoms with Crippen LogP contribution in [0.3, 0.4) is 0 Å². The van der Waals surface area contributed by atoms with E-state index in [1.54, 1.807) is 0 Å². The molecule has 2 heterocycles. The molecule has 160 valence electrons. The fourth-order valence-electron chi connectivity index (χ4n) is 4.12. The number of allylic oxidation sites excluding steroid dienone is 1. The Balaban J connectivity index is 1.83. The van der Waals surface area contributed by atoms with Gasteiger partial charge in [0.1, 0.15) is 10.3 Å². The van der Waals surface area contributed by atoms with Crippen LogP contribution in [0, 0.1) is 20.8 Å². The van der Waals surface area contributed by atoms with Crippen LogP contribution in [0.4, 0.5) is 5.69 Å². The van der Waals surface area contributed by atoms with Crippen LogP contribution in [0.25, 0.3) is 5.57 Å². The molecule has 1 aliphatic rings. The molecule has 0 bridgehead atoms. The molecule has 1 atom stereocenters. The minimum Gasteiger partial charge on any atom is -0.301 e. The van der Waals surface area contributed by atoms with Crippen molar-refractivity contribution in [2.75, 3.05) is 4.90 Å². The molecule has 0 unspecified atom stereocenters. The van der Waals surface area contributed by atoms with E-state index in [0.29, 0.717) is 0 Å². The first-order chi connectivity index (χ1) is 14.7.